The van der Waals surface area contributed by atoms with Gasteiger partial charge in [-0.2, -0.15) is 0 Å². The summed E-state index contributed by atoms with van der Waals surface area (Å²) < 4.78 is 10.5. The molecule has 0 aliphatic carbocycles. The van der Waals surface area contributed by atoms with Crippen LogP contribution in [0.5, 0.6) is 11.5 Å². The maximum Gasteiger partial charge on any atom is 0.251 e. The van der Waals surface area contributed by atoms with E-state index in [-0.39, 0.29) is 5.91 Å². The highest BCUT2D eigenvalue weighted by Crippen LogP contribution is 2.27. The number of carbonyl (C=O) groups excluding carboxylic acids is 1. The molecule has 0 heterocycles. The lowest BCUT2D eigenvalue weighted by molar-refractivity contribution is 0.0956. The van der Waals surface area contributed by atoms with Crippen molar-refractivity contribution in [3.8, 4) is 11.5 Å². The molecule has 0 saturated heterocycles. The molecule has 1 amide bonds. The number of nitrogens with two attached hydrogens (primary N) is 1. The van der Waals surface area contributed by atoms with E-state index < -0.39 is 0 Å². The van der Waals surface area contributed by atoms with Crippen molar-refractivity contribution in [2.24, 2.45) is 10.7 Å². The van der Waals surface area contributed by atoms with E-state index in [0.717, 1.165) is 11.1 Å². The molecule has 4 N–H and O–H groups in total. The molecule has 0 saturated carbocycles. The summed E-state index contributed by atoms with van der Waals surface area (Å²) in [6.07, 6.45) is 0. The zero-order valence-electron chi connectivity index (χ0n) is 15.9. The largest absolute Gasteiger partial charge is 0.493 e. The van der Waals surface area contributed by atoms with E-state index in [4.69, 9.17) is 15.2 Å². The number of nitrogens with zero attached hydrogens (tertiary/aromatic N) is 1. The van der Waals surface area contributed by atoms with E-state index in [1.807, 2.05) is 37.3 Å². The Morgan fingerprint density at radius 3 is 2.30 bits per heavy atom. The standard InChI is InChI=1S/C20H26N4O3/c1-4-22-19(25)16-8-5-14(6-9-16)12-23-20(21)24-13-15-7-10-17(26-2)18(11-15)27-3/h5-11H,4,12-13H2,1-3H3,(H,22,25)(H3,21,23,24). The smallest absolute Gasteiger partial charge is 0.251 e. The Labute approximate surface area is 159 Å². The van der Waals surface area contributed by atoms with Crippen LogP contribution in [0, 0.1) is 0 Å². The van der Waals surface area contributed by atoms with Gasteiger partial charge in [-0.3, -0.25) is 4.79 Å². The van der Waals surface area contributed by atoms with Crippen LogP contribution < -0.4 is 25.8 Å². The fraction of sp³-hybridized carbons (Fsp3) is 0.300. The van der Waals surface area contributed by atoms with E-state index in [1.54, 1.807) is 26.4 Å². The lowest BCUT2D eigenvalue weighted by atomic mass is 10.1. The highest BCUT2D eigenvalue weighted by atomic mass is 16.5. The summed E-state index contributed by atoms with van der Waals surface area (Å²) in [5.41, 5.74) is 8.54. The van der Waals surface area contributed by atoms with E-state index in [2.05, 4.69) is 15.6 Å². The van der Waals surface area contributed by atoms with Crippen molar-refractivity contribution in [3.63, 3.8) is 0 Å². The van der Waals surface area contributed by atoms with E-state index >= 15 is 0 Å². The summed E-state index contributed by atoms with van der Waals surface area (Å²) in [6.45, 7) is 3.45. The lowest BCUT2D eigenvalue weighted by Crippen LogP contribution is -2.31. The average Bonchev–Trinajstić information content (AvgIpc) is 2.71. The maximum absolute atomic E-state index is 11.7. The van der Waals surface area contributed by atoms with Crippen LogP contribution in [0.25, 0.3) is 0 Å². The highest BCUT2D eigenvalue weighted by molar-refractivity contribution is 5.94. The Morgan fingerprint density at radius 1 is 1.00 bits per heavy atom. The molecule has 0 unspecified atom stereocenters. The third-order valence-electron chi connectivity index (χ3n) is 3.91. The number of ether oxygens (including phenoxy) is 2. The van der Waals surface area contributed by atoms with Crippen LogP contribution in [0.4, 0.5) is 0 Å². The van der Waals surface area contributed by atoms with Crippen molar-refractivity contribution >= 4 is 11.9 Å². The Morgan fingerprint density at radius 2 is 1.67 bits per heavy atom. The topological polar surface area (TPSA) is 98.0 Å². The second-order valence-corrected chi connectivity index (χ2v) is 5.80. The number of hydrogen-bond donors (Lipinski definition) is 3. The molecule has 144 valence electrons. The summed E-state index contributed by atoms with van der Waals surface area (Å²) in [5, 5.41) is 5.83. The van der Waals surface area contributed by atoms with Gasteiger partial charge in [0.1, 0.15) is 0 Å². The van der Waals surface area contributed by atoms with Crippen molar-refractivity contribution in [2.75, 3.05) is 20.8 Å². The van der Waals surface area contributed by atoms with Crippen molar-refractivity contribution in [1.29, 1.82) is 0 Å². The first kappa shape index (κ1) is 20.1. The summed E-state index contributed by atoms with van der Waals surface area (Å²) in [6, 6.07) is 13.0. The molecule has 0 bridgehead atoms. The normalized spacial score (nSPS) is 11.0. The van der Waals surface area contributed by atoms with Gasteiger partial charge in [-0.05, 0) is 42.3 Å². The number of benzene rings is 2. The van der Waals surface area contributed by atoms with Gasteiger partial charge in [-0.1, -0.05) is 18.2 Å². The second-order valence-electron chi connectivity index (χ2n) is 5.80. The Balaban J connectivity index is 1.89. The number of rotatable bonds is 8. The van der Waals surface area contributed by atoms with Crippen molar-refractivity contribution in [1.82, 2.24) is 10.6 Å². The Hall–Kier alpha value is -3.22. The first-order valence-corrected chi connectivity index (χ1v) is 8.69. The van der Waals surface area contributed by atoms with Crippen molar-refractivity contribution in [2.45, 2.75) is 20.0 Å². The second kappa shape index (κ2) is 10.1. The zero-order valence-corrected chi connectivity index (χ0v) is 15.9. The van der Waals surface area contributed by atoms with E-state index in [1.165, 1.54) is 0 Å². The van der Waals surface area contributed by atoms with Gasteiger partial charge < -0.3 is 25.8 Å². The van der Waals surface area contributed by atoms with Crippen LogP contribution in [-0.4, -0.2) is 32.6 Å². The monoisotopic (exact) mass is 370 g/mol. The summed E-state index contributed by atoms with van der Waals surface area (Å²) in [4.78, 5) is 16.1. The number of carbonyl (C=O) groups is 1. The molecule has 0 aliphatic heterocycles. The number of amides is 1. The van der Waals surface area contributed by atoms with Gasteiger partial charge in [0.25, 0.3) is 5.91 Å². The van der Waals surface area contributed by atoms with E-state index in [9.17, 15) is 4.79 Å². The van der Waals surface area contributed by atoms with Gasteiger partial charge in [0.05, 0.1) is 20.8 Å². The van der Waals surface area contributed by atoms with Crippen LogP contribution in [-0.2, 0) is 13.1 Å². The predicted octanol–water partition coefficient (Wildman–Crippen LogP) is 2.06. The van der Waals surface area contributed by atoms with Crippen molar-refractivity contribution < 1.29 is 14.3 Å². The van der Waals surface area contributed by atoms with Crippen LogP contribution in [0.1, 0.15) is 28.4 Å². The molecular formula is C20H26N4O3. The van der Waals surface area contributed by atoms with Gasteiger partial charge in [-0.15, -0.1) is 0 Å². The fourth-order valence-corrected chi connectivity index (χ4v) is 2.44. The van der Waals surface area contributed by atoms with E-state index in [0.29, 0.717) is 42.7 Å². The van der Waals surface area contributed by atoms with Gasteiger partial charge in [0.2, 0.25) is 0 Å². The summed E-state index contributed by atoms with van der Waals surface area (Å²) >= 11 is 0. The average molecular weight is 370 g/mol. The summed E-state index contributed by atoms with van der Waals surface area (Å²) in [7, 11) is 3.19. The van der Waals surface area contributed by atoms with Crippen LogP contribution in [0.15, 0.2) is 47.5 Å². The number of methoxy groups -OCH3 is 2. The Kier molecular flexibility index (Phi) is 7.49. The first-order chi connectivity index (χ1) is 13.1. The number of aliphatic imine (C=N–C) groups is 1. The number of guanidine groups is 1. The molecule has 7 heteroatoms. The fourth-order valence-electron chi connectivity index (χ4n) is 2.44. The zero-order chi connectivity index (χ0) is 19.6. The predicted molar refractivity (Wildman–Crippen MR) is 106 cm³/mol. The third kappa shape index (κ3) is 5.91. The molecule has 0 atom stereocenters. The molecule has 0 radical (unpaired) electrons. The molecule has 27 heavy (non-hydrogen) atoms. The minimum absolute atomic E-state index is 0.0759. The molecule has 2 aromatic rings. The van der Waals surface area contributed by atoms with Crippen molar-refractivity contribution in [3.05, 3.63) is 59.2 Å². The molecular weight excluding hydrogens is 344 g/mol. The van der Waals surface area contributed by atoms with Crippen LogP contribution >= 0.6 is 0 Å². The third-order valence-corrected chi connectivity index (χ3v) is 3.91. The number of hydrogen-bond acceptors (Lipinski definition) is 4. The molecule has 2 rings (SSSR count). The lowest BCUT2D eigenvalue weighted by Gasteiger charge is -2.09. The minimum Gasteiger partial charge on any atom is -0.493 e. The number of nitrogens with one attached hydrogen (secondary N) is 2. The molecule has 2 aromatic carbocycles. The first-order valence-electron chi connectivity index (χ1n) is 8.69. The molecule has 7 nitrogen and oxygen atoms in total. The summed E-state index contributed by atoms with van der Waals surface area (Å²) in [5.74, 6) is 1.60. The maximum atomic E-state index is 11.7. The molecule has 0 aromatic heterocycles. The van der Waals surface area contributed by atoms with Crippen LogP contribution in [0.2, 0.25) is 0 Å². The molecule has 0 spiro atoms. The van der Waals surface area contributed by atoms with Gasteiger partial charge in [-0.25, -0.2) is 4.99 Å². The van der Waals surface area contributed by atoms with Gasteiger partial charge >= 0.3 is 0 Å². The van der Waals surface area contributed by atoms with Crippen LogP contribution in [0.3, 0.4) is 0 Å². The van der Waals surface area contributed by atoms with Gasteiger partial charge in [0, 0.05) is 18.7 Å². The SMILES string of the molecule is CCNC(=O)c1ccc(CNC(N)=NCc2ccc(OC)c(OC)c2)cc1. The van der Waals surface area contributed by atoms with Gasteiger partial charge in [0.15, 0.2) is 17.5 Å². The minimum atomic E-state index is -0.0759. The molecule has 0 fully saturated rings. The Bertz CT molecular complexity index is 788. The molecule has 0 aliphatic rings. The quantitative estimate of drug-likeness (QED) is 0.488. The highest BCUT2D eigenvalue weighted by Gasteiger charge is 2.05.